The highest BCUT2D eigenvalue weighted by atomic mass is 16.4. The van der Waals surface area contributed by atoms with E-state index in [-0.39, 0.29) is 0 Å². The van der Waals surface area contributed by atoms with Crippen molar-refractivity contribution in [1.82, 2.24) is 20.6 Å². The Kier molecular flexibility index (Phi) is 2.36. The first-order valence-electron chi connectivity index (χ1n) is 5.80. The van der Waals surface area contributed by atoms with Gasteiger partial charge in [0.2, 0.25) is 5.82 Å². The van der Waals surface area contributed by atoms with Crippen LogP contribution in [0.15, 0.2) is 24.3 Å². The maximum atomic E-state index is 11.4. The van der Waals surface area contributed by atoms with E-state index >= 15 is 0 Å². The fourth-order valence-electron chi connectivity index (χ4n) is 2.38. The monoisotopic (exact) mass is 244 g/mol. The van der Waals surface area contributed by atoms with Crippen molar-refractivity contribution < 1.29 is 9.90 Å². The van der Waals surface area contributed by atoms with Crippen molar-refractivity contribution in [1.29, 1.82) is 0 Å². The normalized spacial score (nSPS) is 17.1. The number of aromatic amines is 1. The number of H-pyrrole nitrogens is 1. The quantitative estimate of drug-likeness (QED) is 0.850. The van der Waals surface area contributed by atoms with Crippen LogP contribution in [0.1, 0.15) is 24.8 Å². The van der Waals surface area contributed by atoms with Crippen molar-refractivity contribution in [2.45, 2.75) is 24.7 Å². The molecule has 1 saturated carbocycles. The zero-order valence-electron chi connectivity index (χ0n) is 9.63. The van der Waals surface area contributed by atoms with Gasteiger partial charge in [-0.25, -0.2) is 0 Å². The lowest BCUT2D eigenvalue weighted by atomic mass is 9.64. The maximum Gasteiger partial charge on any atom is 0.314 e. The second-order valence-corrected chi connectivity index (χ2v) is 4.55. The Morgan fingerprint density at radius 1 is 1.28 bits per heavy atom. The highest BCUT2D eigenvalue weighted by Crippen LogP contribution is 2.44. The number of carboxylic acids is 1. The van der Waals surface area contributed by atoms with Gasteiger partial charge in [-0.3, -0.25) is 4.79 Å². The summed E-state index contributed by atoms with van der Waals surface area (Å²) in [4.78, 5) is 11.4. The number of nitrogens with zero attached hydrogens (tertiary/aromatic N) is 3. The molecule has 0 aliphatic heterocycles. The number of rotatable bonds is 3. The molecule has 3 rings (SSSR count). The predicted octanol–water partition coefficient (Wildman–Crippen LogP) is 1.37. The smallest absolute Gasteiger partial charge is 0.314 e. The molecule has 1 fully saturated rings. The fourth-order valence-corrected chi connectivity index (χ4v) is 2.38. The highest BCUT2D eigenvalue weighted by molar-refractivity contribution is 5.82. The molecular formula is C12H12N4O2. The van der Waals surface area contributed by atoms with Crippen LogP contribution in [-0.4, -0.2) is 31.7 Å². The van der Waals surface area contributed by atoms with E-state index in [1.54, 1.807) is 0 Å². The molecule has 0 atom stereocenters. The third-order valence-electron chi connectivity index (χ3n) is 3.66. The van der Waals surface area contributed by atoms with E-state index in [9.17, 15) is 9.90 Å². The SMILES string of the molecule is O=C(O)C1(c2ccc(-c3nn[nH]n3)cc2)CCC1. The number of nitrogens with one attached hydrogen (secondary N) is 1. The second-order valence-electron chi connectivity index (χ2n) is 4.55. The Morgan fingerprint density at radius 2 is 2.00 bits per heavy atom. The fraction of sp³-hybridized carbons (Fsp3) is 0.333. The average Bonchev–Trinajstić information content (AvgIpc) is 2.81. The molecule has 2 N–H and O–H groups in total. The minimum atomic E-state index is -0.735. The molecule has 0 spiro atoms. The third kappa shape index (κ3) is 1.49. The summed E-state index contributed by atoms with van der Waals surface area (Å²) in [6.45, 7) is 0. The Balaban J connectivity index is 1.94. The standard InChI is InChI=1S/C12H12N4O2/c17-11(18)12(6-1-7-12)9-4-2-8(3-5-9)10-13-15-16-14-10/h2-5H,1,6-7H2,(H,17,18)(H,13,14,15,16). The first-order chi connectivity index (χ1) is 8.72. The van der Waals surface area contributed by atoms with Crippen LogP contribution >= 0.6 is 0 Å². The Hall–Kier alpha value is -2.24. The molecule has 1 aliphatic rings. The van der Waals surface area contributed by atoms with Gasteiger partial charge in [0, 0.05) is 5.56 Å². The zero-order chi connectivity index (χ0) is 12.6. The molecular weight excluding hydrogens is 232 g/mol. The largest absolute Gasteiger partial charge is 0.481 e. The third-order valence-corrected chi connectivity index (χ3v) is 3.66. The minimum absolute atomic E-state index is 0.513. The number of tetrazole rings is 1. The van der Waals surface area contributed by atoms with Crippen molar-refractivity contribution >= 4 is 5.97 Å². The molecule has 6 nitrogen and oxygen atoms in total. The topological polar surface area (TPSA) is 91.8 Å². The summed E-state index contributed by atoms with van der Waals surface area (Å²) < 4.78 is 0. The van der Waals surface area contributed by atoms with Gasteiger partial charge < -0.3 is 5.11 Å². The van der Waals surface area contributed by atoms with Crippen LogP contribution in [-0.2, 0) is 10.2 Å². The summed E-state index contributed by atoms with van der Waals surface area (Å²) >= 11 is 0. The van der Waals surface area contributed by atoms with Gasteiger partial charge in [0.05, 0.1) is 5.41 Å². The van der Waals surface area contributed by atoms with Crippen LogP contribution in [0.4, 0.5) is 0 Å². The number of hydrogen-bond donors (Lipinski definition) is 2. The number of hydrogen-bond acceptors (Lipinski definition) is 4. The van der Waals surface area contributed by atoms with E-state index in [0.717, 1.165) is 17.5 Å². The first kappa shape index (κ1) is 10.9. The summed E-state index contributed by atoms with van der Waals surface area (Å²) in [7, 11) is 0. The number of benzene rings is 1. The molecule has 6 heteroatoms. The van der Waals surface area contributed by atoms with Crippen molar-refractivity contribution in [3.63, 3.8) is 0 Å². The predicted molar refractivity (Wildman–Crippen MR) is 62.8 cm³/mol. The number of aromatic nitrogens is 4. The Morgan fingerprint density at radius 3 is 2.44 bits per heavy atom. The zero-order valence-corrected chi connectivity index (χ0v) is 9.63. The number of carbonyl (C=O) groups is 1. The van der Waals surface area contributed by atoms with E-state index in [2.05, 4.69) is 20.6 Å². The molecule has 2 aromatic rings. The summed E-state index contributed by atoms with van der Waals surface area (Å²) in [5, 5.41) is 23.0. The van der Waals surface area contributed by atoms with Crippen LogP contribution in [0, 0.1) is 0 Å². The van der Waals surface area contributed by atoms with Gasteiger partial charge >= 0.3 is 5.97 Å². The maximum absolute atomic E-state index is 11.4. The molecule has 1 aromatic heterocycles. The summed E-state index contributed by atoms with van der Waals surface area (Å²) in [5.41, 5.74) is 0.997. The van der Waals surface area contributed by atoms with Crippen molar-refractivity contribution in [3.05, 3.63) is 29.8 Å². The Labute approximate surface area is 103 Å². The van der Waals surface area contributed by atoms with Gasteiger partial charge in [0.1, 0.15) is 0 Å². The van der Waals surface area contributed by atoms with Crippen LogP contribution in [0.2, 0.25) is 0 Å². The molecule has 0 unspecified atom stereocenters. The molecule has 1 heterocycles. The number of aliphatic carboxylic acids is 1. The van der Waals surface area contributed by atoms with Crippen molar-refractivity contribution in [2.75, 3.05) is 0 Å². The van der Waals surface area contributed by atoms with Gasteiger partial charge in [-0.05, 0) is 23.6 Å². The van der Waals surface area contributed by atoms with Crippen LogP contribution < -0.4 is 0 Å². The molecule has 1 aromatic carbocycles. The minimum Gasteiger partial charge on any atom is -0.481 e. The van der Waals surface area contributed by atoms with Gasteiger partial charge in [-0.15, -0.1) is 10.2 Å². The van der Waals surface area contributed by atoms with Crippen molar-refractivity contribution in [2.24, 2.45) is 0 Å². The summed E-state index contributed by atoms with van der Waals surface area (Å²) in [6.07, 6.45) is 2.40. The Bertz CT molecular complexity index is 558. The summed E-state index contributed by atoms with van der Waals surface area (Å²) in [5.74, 6) is -0.222. The average molecular weight is 244 g/mol. The molecule has 92 valence electrons. The van der Waals surface area contributed by atoms with E-state index in [4.69, 9.17) is 0 Å². The van der Waals surface area contributed by atoms with E-state index in [0.29, 0.717) is 18.7 Å². The molecule has 0 saturated heterocycles. The number of carboxylic acid groups (broad SMARTS) is 1. The molecule has 0 bridgehead atoms. The summed E-state index contributed by atoms with van der Waals surface area (Å²) in [6, 6.07) is 7.37. The molecule has 1 aliphatic carbocycles. The van der Waals surface area contributed by atoms with Gasteiger partial charge in [0.25, 0.3) is 0 Å². The lowest BCUT2D eigenvalue weighted by molar-refractivity contribution is -0.147. The van der Waals surface area contributed by atoms with E-state index in [1.165, 1.54) is 0 Å². The van der Waals surface area contributed by atoms with Crippen molar-refractivity contribution in [3.8, 4) is 11.4 Å². The molecule has 0 amide bonds. The van der Waals surface area contributed by atoms with Crippen LogP contribution in [0.25, 0.3) is 11.4 Å². The lowest BCUT2D eigenvalue weighted by Gasteiger charge is -2.38. The van der Waals surface area contributed by atoms with Crippen LogP contribution in [0.5, 0.6) is 0 Å². The molecule has 18 heavy (non-hydrogen) atoms. The van der Waals surface area contributed by atoms with Crippen LogP contribution in [0.3, 0.4) is 0 Å². The van der Waals surface area contributed by atoms with Gasteiger partial charge in [-0.2, -0.15) is 5.21 Å². The molecule has 0 radical (unpaired) electrons. The van der Waals surface area contributed by atoms with E-state index in [1.807, 2.05) is 24.3 Å². The second kappa shape index (κ2) is 3.90. The van der Waals surface area contributed by atoms with Gasteiger partial charge in [-0.1, -0.05) is 30.7 Å². The first-order valence-corrected chi connectivity index (χ1v) is 5.80. The highest BCUT2D eigenvalue weighted by Gasteiger charge is 2.45. The van der Waals surface area contributed by atoms with E-state index < -0.39 is 11.4 Å². The lowest BCUT2D eigenvalue weighted by Crippen LogP contribution is -2.42. The van der Waals surface area contributed by atoms with Gasteiger partial charge in [0.15, 0.2) is 0 Å².